The molecule has 1 aliphatic heterocycles. The van der Waals surface area contributed by atoms with Gasteiger partial charge in [0.25, 0.3) is 5.91 Å². The summed E-state index contributed by atoms with van der Waals surface area (Å²) in [4.78, 5) is 28.2. The summed E-state index contributed by atoms with van der Waals surface area (Å²) in [5.41, 5.74) is 3.38. The summed E-state index contributed by atoms with van der Waals surface area (Å²) in [6, 6.07) is 14.5. The Bertz CT molecular complexity index is 1070. The van der Waals surface area contributed by atoms with Crippen molar-refractivity contribution in [2.24, 2.45) is 0 Å². The highest BCUT2D eigenvalue weighted by molar-refractivity contribution is 7.92. The first-order valence-corrected chi connectivity index (χ1v) is 12.4. The lowest BCUT2D eigenvalue weighted by molar-refractivity contribution is -0.119. The zero-order chi connectivity index (χ0) is 23.3. The van der Waals surface area contributed by atoms with Gasteiger partial charge in [-0.1, -0.05) is 18.2 Å². The van der Waals surface area contributed by atoms with E-state index in [4.69, 9.17) is 0 Å². The number of carbonyl (C=O) groups is 2. The molecule has 1 N–H and O–H groups in total. The third-order valence-corrected chi connectivity index (χ3v) is 6.55. The molecule has 1 heterocycles. The molecule has 0 saturated heterocycles. The SMILES string of the molecule is CN(C)C(=O)c1ccc(N(CC(=O)NCCCN2CCc3ccccc32)S(C)(=O)=O)cc1. The second-order valence-electron chi connectivity index (χ2n) is 8.09. The quantitative estimate of drug-likeness (QED) is 0.578. The molecule has 32 heavy (non-hydrogen) atoms. The molecule has 0 bridgehead atoms. The molecule has 8 nitrogen and oxygen atoms in total. The van der Waals surface area contributed by atoms with Crippen LogP contribution in [0.1, 0.15) is 22.3 Å². The van der Waals surface area contributed by atoms with Crippen molar-refractivity contribution < 1.29 is 18.0 Å². The molecule has 0 radical (unpaired) electrons. The second-order valence-corrected chi connectivity index (χ2v) is 9.99. The molecule has 0 atom stereocenters. The Morgan fingerprint density at radius 2 is 1.75 bits per heavy atom. The molecule has 2 aromatic rings. The minimum Gasteiger partial charge on any atom is -0.371 e. The molecular weight excluding hydrogens is 428 g/mol. The number of sulfonamides is 1. The van der Waals surface area contributed by atoms with Crippen LogP contribution in [0.3, 0.4) is 0 Å². The van der Waals surface area contributed by atoms with E-state index in [9.17, 15) is 18.0 Å². The van der Waals surface area contributed by atoms with Crippen LogP contribution in [-0.2, 0) is 21.2 Å². The highest BCUT2D eigenvalue weighted by atomic mass is 32.2. The molecule has 1 aliphatic rings. The van der Waals surface area contributed by atoms with E-state index in [1.54, 1.807) is 26.2 Å². The Morgan fingerprint density at radius 1 is 1.06 bits per heavy atom. The van der Waals surface area contributed by atoms with E-state index in [0.29, 0.717) is 17.8 Å². The van der Waals surface area contributed by atoms with Gasteiger partial charge in [0, 0.05) is 45.0 Å². The van der Waals surface area contributed by atoms with E-state index in [2.05, 4.69) is 22.3 Å². The normalized spacial score (nSPS) is 12.9. The number of hydrogen-bond donors (Lipinski definition) is 1. The first kappa shape index (κ1) is 23.6. The number of anilines is 2. The highest BCUT2D eigenvalue weighted by Gasteiger charge is 2.22. The Labute approximate surface area is 189 Å². The van der Waals surface area contributed by atoms with Crippen molar-refractivity contribution in [2.75, 3.05) is 55.7 Å². The molecule has 172 valence electrons. The number of amides is 2. The van der Waals surface area contributed by atoms with Crippen LogP contribution in [0.5, 0.6) is 0 Å². The van der Waals surface area contributed by atoms with Crippen molar-refractivity contribution in [3.05, 3.63) is 59.7 Å². The van der Waals surface area contributed by atoms with Gasteiger partial charge in [0.15, 0.2) is 0 Å². The molecule has 0 unspecified atom stereocenters. The zero-order valence-electron chi connectivity index (χ0n) is 18.7. The third kappa shape index (κ3) is 5.79. The molecule has 0 fully saturated rings. The van der Waals surface area contributed by atoms with Crippen LogP contribution < -0.4 is 14.5 Å². The number of nitrogens with zero attached hydrogens (tertiary/aromatic N) is 3. The van der Waals surface area contributed by atoms with E-state index in [1.165, 1.54) is 28.3 Å². The van der Waals surface area contributed by atoms with Crippen LogP contribution in [0.15, 0.2) is 48.5 Å². The smallest absolute Gasteiger partial charge is 0.253 e. The molecule has 3 rings (SSSR count). The molecule has 0 aliphatic carbocycles. The molecule has 0 saturated carbocycles. The van der Waals surface area contributed by atoms with Crippen molar-refractivity contribution >= 4 is 33.2 Å². The third-order valence-electron chi connectivity index (χ3n) is 5.41. The maximum Gasteiger partial charge on any atom is 0.253 e. The van der Waals surface area contributed by atoms with Crippen molar-refractivity contribution in [3.8, 4) is 0 Å². The fourth-order valence-electron chi connectivity index (χ4n) is 3.75. The van der Waals surface area contributed by atoms with Crippen LogP contribution in [-0.4, -0.2) is 71.7 Å². The number of benzene rings is 2. The standard InChI is InChI=1S/C23H30N4O4S/c1-25(2)23(29)19-9-11-20(12-10-19)27(32(3,30)31)17-22(28)24-14-6-15-26-16-13-18-7-4-5-8-21(18)26/h4-5,7-12H,6,13-17H2,1-3H3,(H,24,28). The summed E-state index contributed by atoms with van der Waals surface area (Å²) in [6.45, 7) is 1.95. The molecule has 2 aromatic carbocycles. The van der Waals surface area contributed by atoms with E-state index in [0.717, 1.165) is 36.5 Å². The minimum absolute atomic E-state index is 0.180. The van der Waals surface area contributed by atoms with Crippen molar-refractivity contribution in [1.82, 2.24) is 10.2 Å². The second kappa shape index (κ2) is 10.0. The summed E-state index contributed by atoms with van der Waals surface area (Å²) < 4.78 is 25.6. The van der Waals surface area contributed by atoms with Crippen LogP contribution in [0, 0.1) is 0 Å². The summed E-state index contributed by atoms with van der Waals surface area (Å²) in [5.74, 6) is -0.550. The Hall–Kier alpha value is -3.07. The first-order valence-electron chi connectivity index (χ1n) is 10.6. The Kier molecular flexibility index (Phi) is 7.40. The molecule has 0 spiro atoms. The van der Waals surface area contributed by atoms with Crippen LogP contribution >= 0.6 is 0 Å². The van der Waals surface area contributed by atoms with Gasteiger partial charge >= 0.3 is 0 Å². The van der Waals surface area contributed by atoms with Gasteiger partial charge < -0.3 is 15.1 Å². The number of carbonyl (C=O) groups excluding carboxylic acids is 2. The average molecular weight is 459 g/mol. The number of fused-ring (bicyclic) bond motifs is 1. The van der Waals surface area contributed by atoms with Gasteiger partial charge in [-0.2, -0.15) is 0 Å². The summed E-state index contributed by atoms with van der Waals surface area (Å²) in [5, 5.41) is 2.81. The average Bonchev–Trinajstić information content (AvgIpc) is 3.17. The van der Waals surface area contributed by atoms with Gasteiger partial charge in [0.05, 0.1) is 11.9 Å². The van der Waals surface area contributed by atoms with Crippen molar-refractivity contribution in [2.45, 2.75) is 12.8 Å². The predicted molar refractivity (Wildman–Crippen MR) is 127 cm³/mol. The Morgan fingerprint density at radius 3 is 2.41 bits per heavy atom. The zero-order valence-corrected chi connectivity index (χ0v) is 19.6. The molecule has 0 aromatic heterocycles. The summed E-state index contributed by atoms with van der Waals surface area (Å²) in [7, 11) is -0.381. The van der Waals surface area contributed by atoms with Crippen LogP contribution in [0.25, 0.3) is 0 Å². The van der Waals surface area contributed by atoms with E-state index in [-0.39, 0.29) is 18.4 Å². The Balaban J connectivity index is 1.54. The molecule has 2 amide bonds. The lowest BCUT2D eigenvalue weighted by Crippen LogP contribution is -2.41. The first-order chi connectivity index (χ1) is 15.2. The van der Waals surface area contributed by atoms with Gasteiger partial charge in [-0.05, 0) is 48.7 Å². The monoisotopic (exact) mass is 458 g/mol. The van der Waals surface area contributed by atoms with Gasteiger partial charge in [0.1, 0.15) is 6.54 Å². The summed E-state index contributed by atoms with van der Waals surface area (Å²) in [6.07, 6.45) is 2.86. The maximum atomic E-state index is 12.4. The van der Waals surface area contributed by atoms with Gasteiger partial charge in [-0.3, -0.25) is 13.9 Å². The summed E-state index contributed by atoms with van der Waals surface area (Å²) >= 11 is 0. The van der Waals surface area contributed by atoms with E-state index in [1.807, 2.05) is 12.1 Å². The lowest BCUT2D eigenvalue weighted by Gasteiger charge is -2.23. The van der Waals surface area contributed by atoms with Crippen LogP contribution in [0.2, 0.25) is 0 Å². The maximum absolute atomic E-state index is 12.4. The predicted octanol–water partition coefficient (Wildman–Crippen LogP) is 1.72. The van der Waals surface area contributed by atoms with Crippen LogP contribution in [0.4, 0.5) is 11.4 Å². The van der Waals surface area contributed by atoms with Gasteiger partial charge in [-0.25, -0.2) is 8.42 Å². The number of hydrogen-bond acceptors (Lipinski definition) is 5. The van der Waals surface area contributed by atoms with Crippen molar-refractivity contribution in [3.63, 3.8) is 0 Å². The lowest BCUT2D eigenvalue weighted by atomic mass is 10.2. The fourth-order valence-corrected chi connectivity index (χ4v) is 4.61. The fraction of sp³-hybridized carbons (Fsp3) is 0.391. The van der Waals surface area contributed by atoms with E-state index < -0.39 is 10.0 Å². The molecule has 9 heteroatoms. The van der Waals surface area contributed by atoms with E-state index >= 15 is 0 Å². The minimum atomic E-state index is -3.67. The van der Waals surface area contributed by atoms with Crippen molar-refractivity contribution in [1.29, 1.82) is 0 Å². The number of rotatable bonds is 9. The number of para-hydroxylation sites is 1. The number of nitrogens with one attached hydrogen (secondary N) is 1. The molecular formula is C23H30N4O4S. The van der Waals surface area contributed by atoms with Gasteiger partial charge in [0.2, 0.25) is 15.9 Å². The van der Waals surface area contributed by atoms with Gasteiger partial charge in [-0.15, -0.1) is 0 Å². The highest BCUT2D eigenvalue weighted by Crippen LogP contribution is 2.27. The topological polar surface area (TPSA) is 90.0 Å². The largest absolute Gasteiger partial charge is 0.371 e.